The summed E-state index contributed by atoms with van der Waals surface area (Å²) in [6.45, 7) is 3.98. The van der Waals surface area contributed by atoms with Crippen LogP contribution in [0, 0.1) is 5.41 Å². The van der Waals surface area contributed by atoms with Crippen LogP contribution in [0.4, 0.5) is 0 Å². The normalized spacial score (nSPS) is 14.4. The molecule has 1 fully saturated rings. The second-order valence-electron chi connectivity index (χ2n) is 7.88. The van der Waals surface area contributed by atoms with Gasteiger partial charge in [-0.3, -0.25) is 15.6 Å². The standard InChI is InChI=1S/C24H29N5O/c25-23(26)20-10-6-9-18(16-20)21-17-19-8-2-3-11-22(19)29(24(21)30)15-5-1-4-13-28-14-7-12-27-28/h2-3,6,8-11,16-17,27H,1,4-5,7,12-15H2,(H3,25,26). The molecule has 1 aromatic heterocycles. The molecule has 0 unspecified atom stereocenters. The van der Waals surface area contributed by atoms with E-state index in [0.29, 0.717) is 17.7 Å². The van der Waals surface area contributed by atoms with Gasteiger partial charge < -0.3 is 10.3 Å². The van der Waals surface area contributed by atoms with Gasteiger partial charge >= 0.3 is 0 Å². The fraction of sp³-hybridized carbons (Fsp3) is 0.333. The van der Waals surface area contributed by atoms with Gasteiger partial charge in [0.2, 0.25) is 0 Å². The molecule has 1 saturated heterocycles. The van der Waals surface area contributed by atoms with Crippen LogP contribution in [0.3, 0.4) is 0 Å². The van der Waals surface area contributed by atoms with Crippen molar-refractivity contribution in [2.45, 2.75) is 32.2 Å². The van der Waals surface area contributed by atoms with Gasteiger partial charge in [0.1, 0.15) is 5.84 Å². The van der Waals surface area contributed by atoms with Crippen molar-refractivity contribution in [2.24, 2.45) is 5.73 Å². The second-order valence-corrected chi connectivity index (χ2v) is 7.88. The minimum Gasteiger partial charge on any atom is -0.384 e. The van der Waals surface area contributed by atoms with Gasteiger partial charge in [0.15, 0.2) is 0 Å². The number of fused-ring (bicyclic) bond motifs is 1. The molecule has 4 N–H and O–H groups in total. The molecule has 0 bridgehead atoms. The van der Waals surface area contributed by atoms with E-state index in [1.54, 1.807) is 6.07 Å². The van der Waals surface area contributed by atoms with E-state index in [1.165, 1.54) is 6.42 Å². The third-order valence-electron chi connectivity index (χ3n) is 5.74. The van der Waals surface area contributed by atoms with Crippen LogP contribution < -0.4 is 16.7 Å². The number of nitrogen functional groups attached to an aromatic ring is 1. The number of amidine groups is 1. The van der Waals surface area contributed by atoms with Crippen LogP contribution in [-0.4, -0.2) is 35.0 Å². The van der Waals surface area contributed by atoms with Crippen molar-refractivity contribution in [3.8, 4) is 11.1 Å². The summed E-state index contributed by atoms with van der Waals surface area (Å²) in [6.07, 6.45) is 4.40. The summed E-state index contributed by atoms with van der Waals surface area (Å²) in [5.74, 6) is 0.00505. The van der Waals surface area contributed by atoms with E-state index in [9.17, 15) is 4.79 Å². The smallest absolute Gasteiger partial charge is 0.258 e. The van der Waals surface area contributed by atoms with E-state index in [4.69, 9.17) is 11.1 Å². The molecule has 0 radical (unpaired) electrons. The number of nitrogens with zero attached hydrogens (tertiary/aromatic N) is 2. The van der Waals surface area contributed by atoms with E-state index < -0.39 is 0 Å². The van der Waals surface area contributed by atoms with E-state index in [-0.39, 0.29) is 11.4 Å². The van der Waals surface area contributed by atoms with E-state index >= 15 is 0 Å². The number of hydrazine groups is 1. The number of rotatable bonds is 8. The van der Waals surface area contributed by atoms with Crippen LogP contribution in [0.25, 0.3) is 22.0 Å². The second kappa shape index (κ2) is 9.24. The zero-order valence-electron chi connectivity index (χ0n) is 17.2. The van der Waals surface area contributed by atoms with Crippen molar-refractivity contribution in [2.75, 3.05) is 19.6 Å². The number of aryl methyl sites for hydroxylation is 1. The zero-order chi connectivity index (χ0) is 20.9. The minimum atomic E-state index is 0.00505. The number of para-hydroxylation sites is 1. The van der Waals surface area contributed by atoms with Gasteiger partial charge in [-0.1, -0.05) is 42.8 Å². The highest BCUT2D eigenvalue weighted by Crippen LogP contribution is 2.22. The quantitative estimate of drug-likeness (QED) is 0.306. The Kier molecular flexibility index (Phi) is 6.26. The first-order valence-electron chi connectivity index (χ1n) is 10.7. The van der Waals surface area contributed by atoms with Gasteiger partial charge in [-0.15, -0.1) is 0 Å². The number of nitrogens with one attached hydrogen (secondary N) is 2. The number of hydrogen-bond acceptors (Lipinski definition) is 4. The number of nitrogens with two attached hydrogens (primary N) is 1. The lowest BCUT2D eigenvalue weighted by Gasteiger charge is -2.16. The molecule has 2 heterocycles. The Morgan fingerprint density at radius 2 is 1.87 bits per heavy atom. The molecule has 6 nitrogen and oxygen atoms in total. The first-order valence-corrected chi connectivity index (χ1v) is 10.7. The summed E-state index contributed by atoms with van der Waals surface area (Å²) in [5, 5.41) is 11.0. The van der Waals surface area contributed by atoms with E-state index in [2.05, 4.69) is 10.4 Å². The highest BCUT2D eigenvalue weighted by Gasteiger charge is 2.13. The molecule has 0 aliphatic carbocycles. The fourth-order valence-electron chi connectivity index (χ4n) is 4.14. The molecule has 1 aliphatic rings. The van der Waals surface area contributed by atoms with Gasteiger partial charge in [-0.25, -0.2) is 5.01 Å². The van der Waals surface area contributed by atoms with Crippen LogP contribution >= 0.6 is 0 Å². The Morgan fingerprint density at radius 1 is 1.03 bits per heavy atom. The van der Waals surface area contributed by atoms with Gasteiger partial charge in [-0.05, 0) is 48.4 Å². The maximum absolute atomic E-state index is 13.4. The minimum absolute atomic E-state index is 0.00505. The Morgan fingerprint density at radius 3 is 2.67 bits per heavy atom. The van der Waals surface area contributed by atoms with Gasteiger partial charge in [0.05, 0.1) is 5.52 Å². The summed E-state index contributed by atoms with van der Waals surface area (Å²) in [4.78, 5) is 13.4. The molecule has 156 valence electrons. The summed E-state index contributed by atoms with van der Waals surface area (Å²) < 4.78 is 1.90. The predicted molar refractivity (Wildman–Crippen MR) is 123 cm³/mol. The van der Waals surface area contributed by atoms with Crippen molar-refractivity contribution in [3.05, 3.63) is 70.5 Å². The molecule has 1 aliphatic heterocycles. The zero-order valence-corrected chi connectivity index (χ0v) is 17.2. The van der Waals surface area contributed by atoms with Gasteiger partial charge in [-0.2, -0.15) is 0 Å². The first-order chi connectivity index (χ1) is 14.6. The van der Waals surface area contributed by atoms with Crippen LogP contribution in [-0.2, 0) is 6.54 Å². The molecule has 3 aromatic rings. The third-order valence-corrected chi connectivity index (χ3v) is 5.74. The lowest BCUT2D eigenvalue weighted by atomic mass is 10.0. The first kappa shape index (κ1) is 20.3. The number of benzene rings is 2. The van der Waals surface area contributed by atoms with Crippen LogP contribution in [0.15, 0.2) is 59.4 Å². The fourth-order valence-corrected chi connectivity index (χ4v) is 4.14. The Bertz CT molecular complexity index is 1100. The maximum Gasteiger partial charge on any atom is 0.258 e. The number of unbranched alkanes of at least 4 members (excludes halogenated alkanes) is 2. The summed E-state index contributed by atoms with van der Waals surface area (Å²) >= 11 is 0. The Labute approximate surface area is 176 Å². The maximum atomic E-state index is 13.4. The van der Waals surface area contributed by atoms with E-state index in [1.807, 2.05) is 53.1 Å². The molecule has 30 heavy (non-hydrogen) atoms. The molecule has 0 atom stereocenters. The van der Waals surface area contributed by atoms with Crippen LogP contribution in [0.1, 0.15) is 31.2 Å². The summed E-state index contributed by atoms with van der Waals surface area (Å²) in [6, 6.07) is 17.4. The monoisotopic (exact) mass is 403 g/mol. The Hall–Kier alpha value is -2.96. The number of pyridine rings is 1. The number of hydrogen-bond donors (Lipinski definition) is 3. The molecule has 0 saturated carbocycles. The van der Waals surface area contributed by atoms with Crippen molar-refractivity contribution >= 4 is 16.7 Å². The van der Waals surface area contributed by atoms with Gasteiger partial charge in [0.25, 0.3) is 5.56 Å². The molecular formula is C24H29N5O. The van der Waals surface area contributed by atoms with Crippen molar-refractivity contribution < 1.29 is 0 Å². The average Bonchev–Trinajstić information content (AvgIpc) is 3.28. The lowest BCUT2D eigenvalue weighted by molar-refractivity contribution is 0.247. The molecule has 0 amide bonds. The highest BCUT2D eigenvalue weighted by atomic mass is 16.1. The topological polar surface area (TPSA) is 87.1 Å². The van der Waals surface area contributed by atoms with Crippen molar-refractivity contribution in [1.29, 1.82) is 5.41 Å². The summed E-state index contributed by atoms with van der Waals surface area (Å²) in [7, 11) is 0. The molecule has 6 heteroatoms. The van der Waals surface area contributed by atoms with Crippen LogP contribution in [0.5, 0.6) is 0 Å². The largest absolute Gasteiger partial charge is 0.384 e. The Balaban J connectivity index is 1.58. The highest BCUT2D eigenvalue weighted by molar-refractivity contribution is 5.96. The van der Waals surface area contributed by atoms with Crippen LogP contribution in [0.2, 0.25) is 0 Å². The molecular weight excluding hydrogens is 374 g/mol. The van der Waals surface area contributed by atoms with Crippen molar-refractivity contribution in [1.82, 2.24) is 15.0 Å². The molecule has 2 aromatic carbocycles. The summed E-state index contributed by atoms with van der Waals surface area (Å²) in [5.41, 5.74) is 12.1. The SMILES string of the molecule is N=C(N)c1cccc(-c2cc3ccccc3n(CCCCCN3CCCN3)c2=O)c1. The average molecular weight is 404 g/mol. The molecule has 4 rings (SSSR count). The third kappa shape index (κ3) is 4.45. The van der Waals surface area contributed by atoms with E-state index in [0.717, 1.165) is 55.4 Å². The number of aromatic nitrogens is 1. The lowest BCUT2D eigenvalue weighted by Crippen LogP contribution is -2.31. The predicted octanol–water partition coefficient (Wildman–Crippen LogP) is 3.33. The van der Waals surface area contributed by atoms with Gasteiger partial charge in [0, 0.05) is 37.3 Å². The van der Waals surface area contributed by atoms with Crippen molar-refractivity contribution in [3.63, 3.8) is 0 Å². The molecule has 0 spiro atoms.